The molecule has 2 aromatic carbocycles. The van der Waals surface area contributed by atoms with E-state index in [0.717, 1.165) is 48.7 Å². The van der Waals surface area contributed by atoms with Crippen LogP contribution in [0, 0.1) is 0 Å². The first-order valence-corrected chi connectivity index (χ1v) is 7.71. The van der Waals surface area contributed by atoms with E-state index in [-0.39, 0.29) is 0 Å². The first-order valence-electron chi connectivity index (χ1n) is 6.96. The average molecular weight is 322 g/mol. The van der Waals surface area contributed by atoms with E-state index >= 15 is 0 Å². The van der Waals surface area contributed by atoms with Crippen LogP contribution in [0.5, 0.6) is 0 Å². The van der Waals surface area contributed by atoms with E-state index in [0.29, 0.717) is 10.0 Å². The smallest absolute Gasteiger partial charge is 0.0601 e. The summed E-state index contributed by atoms with van der Waals surface area (Å²) >= 11 is 12.0. The summed E-state index contributed by atoms with van der Waals surface area (Å²) in [4.78, 5) is 2.31. The number of anilines is 2. The third kappa shape index (κ3) is 3.10. The van der Waals surface area contributed by atoms with Gasteiger partial charge in [0.25, 0.3) is 0 Å². The van der Waals surface area contributed by atoms with Gasteiger partial charge >= 0.3 is 0 Å². The maximum Gasteiger partial charge on any atom is 0.0601 e. The Morgan fingerprint density at radius 1 is 0.905 bits per heavy atom. The maximum atomic E-state index is 6.24. The van der Waals surface area contributed by atoms with Gasteiger partial charge in [-0.1, -0.05) is 35.3 Å². The molecule has 3 N–H and O–H groups in total. The summed E-state index contributed by atoms with van der Waals surface area (Å²) in [7, 11) is 0. The van der Waals surface area contributed by atoms with Crippen molar-refractivity contribution < 1.29 is 0 Å². The molecule has 0 aliphatic carbocycles. The van der Waals surface area contributed by atoms with Crippen molar-refractivity contribution in [3.63, 3.8) is 0 Å². The monoisotopic (exact) mass is 321 g/mol. The lowest BCUT2D eigenvalue weighted by molar-refractivity contribution is 0.590. The zero-order valence-electron chi connectivity index (χ0n) is 11.6. The van der Waals surface area contributed by atoms with Gasteiger partial charge in [0.2, 0.25) is 0 Å². The lowest BCUT2D eigenvalue weighted by Crippen LogP contribution is -2.43. The van der Waals surface area contributed by atoms with Crippen molar-refractivity contribution in [2.24, 2.45) is 0 Å². The summed E-state index contributed by atoms with van der Waals surface area (Å²) in [5.74, 6) is 0. The molecule has 1 fully saturated rings. The lowest BCUT2D eigenvalue weighted by atomic mass is 10.0. The Morgan fingerprint density at radius 2 is 1.57 bits per heavy atom. The largest absolute Gasteiger partial charge is 0.397 e. The Balaban J connectivity index is 1.91. The van der Waals surface area contributed by atoms with E-state index in [9.17, 15) is 0 Å². The van der Waals surface area contributed by atoms with Gasteiger partial charge in [0.15, 0.2) is 0 Å². The molecule has 0 spiro atoms. The third-order valence-corrected chi connectivity index (χ3v) is 4.48. The first kappa shape index (κ1) is 14.5. The standard InChI is InChI=1S/C16H17Cl2N3/c17-13-3-1-11(9-14(13)18)12-2-4-16(15(19)10-12)21-7-5-20-6-8-21/h1-4,9-10,20H,5-8,19H2. The fourth-order valence-electron chi connectivity index (χ4n) is 2.60. The molecule has 0 bridgehead atoms. The summed E-state index contributed by atoms with van der Waals surface area (Å²) in [6.07, 6.45) is 0. The van der Waals surface area contributed by atoms with Crippen LogP contribution in [0.1, 0.15) is 0 Å². The Labute approximate surface area is 134 Å². The van der Waals surface area contributed by atoms with Crippen LogP contribution in [0.3, 0.4) is 0 Å². The molecule has 2 aromatic rings. The van der Waals surface area contributed by atoms with Crippen LogP contribution in [0.15, 0.2) is 36.4 Å². The van der Waals surface area contributed by atoms with Gasteiger partial charge in [-0.2, -0.15) is 0 Å². The van der Waals surface area contributed by atoms with Crippen LogP contribution in [-0.4, -0.2) is 26.2 Å². The van der Waals surface area contributed by atoms with E-state index in [2.05, 4.69) is 22.3 Å². The quantitative estimate of drug-likeness (QED) is 0.829. The van der Waals surface area contributed by atoms with E-state index in [1.807, 2.05) is 18.2 Å². The lowest BCUT2D eigenvalue weighted by Gasteiger charge is -2.30. The van der Waals surface area contributed by atoms with Gasteiger partial charge in [0.1, 0.15) is 0 Å². The van der Waals surface area contributed by atoms with Crippen LogP contribution in [0.25, 0.3) is 11.1 Å². The van der Waals surface area contributed by atoms with E-state index in [4.69, 9.17) is 28.9 Å². The van der Waals surface area contributed by atoms with Gasteiger partial charge in [0, 0.05) is 26.2 Å². The van der Waals surface area contributed by atoms with Gasteiger partial charge in [-0.15, -0.1) is 0 Å². The number of hydrogen-bond donors (Lipinski definition) is 2. The predicted octanol–water partition coefficient (Wildman–Crippen LogP) is 3.65. The summed E-state index contributed by atoms with van der Waals surface area (Å²) in [6, 6.07) is 11.8. The highest BCUT2D eigenvalue weighted by Crippen LogP contribution is 2.32. The van der Waals surface area contributed by atoms with Gasteiger partial charge < -0.3 is 16.0 Å². The highest BCUT2D eigenvalue weighted by atomic mass is 35.5. The van der Waals surface area contributed by atoms with Crippen molar-refractivity contribution in [2.75, 3.05) is 36.8 Å². The van der Waals surface area contributed by atoms with Crippen LogP contribution >= 0.6 is 23.2 Å². The summed E-state index contributed by atoms with van der Waals surface area (Å²) in [5, 5.41) is 4.46. The SMILES string of the molecule is Nc1cc(-c2ccc(Cl)c(Cl)c2)ccc1N1CCNCC1. The Kier molecular flexibility index (Phi) is 4.24. The van der Waals surface area contributed by atoms with Crippen molar-refractivity contribution in [1.82, 2.24) is 5.32 Å². The summed E-state index contributed by atoms with van der Waals surface area (Å²) < 4.78 is 0. The Morgan fingerprint density at radius 3 is 2.24 bits per heavy atom. The topological polar surface area (TPSA) is 41.3 Å². The molecule has 21 heavy (non-hydrogen) atoms. The fourth-order valence-corrected chi connectivity index (χ4v) is 2.90. The fraction of sp³-hybridized carbons (Fsp3) is 0.250. The van der Waals surface area contributed by atoms with Crippen molar-refractivity contribution in [3.05, 3.63) is 46.4 Å². The molecule has 1 heterocycles. The average Bonchev–Trinajstić information content (AvgIpc) is 2.51. The number of rotatable bonds is 2. The molecular formula is C16H17Cl2N3. The van der Waals surface area contributed by atoms with E-state index in [1.54, 1.807) is 6.07 Å². The molecule has 3 nitrogen and oxygen atoms in total. The molecule has 1 aliphatic rings. The number of halogens is 2. The van der Waals surface area contributed by atoms with E-state index in [1.165, 1.54) is 0 Å². The van der Waals surface area contributed by atoms with Gasteiger partial charge in [-0.25, -0.2) is 0 Å². The summed E-state index contributed by atoms with van der Waals surface area (Å²) in [6.45, 7) is 3.95. The van der Waals surface area contributed by atoms with Gasteiger partial charge in [0.05, 0.1) is 21.4 Å². The van der Waals surface area contributed by atoms with Crippen molar-refractivity contribution in [3.8, 4) is 11.1 Å². The molecule has 0 amide bonds. The van der Waals surface area contributed by atoms with Crippen molar-refractivity contribution in [1.29, 1.82) is 0 Å². The minimum Gasteiger partial charge on any atom is -0.397 e. The van der Waals surface area contributed by atoms with Crippen LogP contribution < -0.4 is 16.0 Å². The molecule has 0 saturated carbocycles. The number of piperazine rings is 1. The molecule has 110 valence electrons. The number of nitrogen functional groups attached to an aromatic ring is 1. The molecule has 3 rings (SSSR count). The number of nitrogens with two attached hydrogens (primary N) is 1. The van der Waals surface area contributed by atoms with Gasteiger partial charge in [-0.05, 0) is 35.4 Å². The molecule has 0 atom stereocenters. The second kappa shape index (κ2) is 6.14. The normalized spacial score (nSPS) is 15.2. The second-order valence-corrected chi connectivity index (χ2v) is 5.95. The molecule has 0 radical (unpaired) electrons. The van der Waals surface area contributed by atoms with Crippen LogP contribution in [0.2, 0.25) is 10.0 Å². The molecular weight excluding hydrogens is 305 g/mol. The third-order valence-electron chi connectivity index (χ3n) is 3.74. The minimum atomic E-state index is 0.555. The Hall–Kier alpha value is -1.42. The number of benzene rings is 2. The molecule has 0 aromatic heterocycles. The zero-order valence-corrected chi connectivity index (χ0v) is 13.1. The second-order valence-electron chi connectivity index (χ2n) is 5.14. The van der Waals surface area contributed by atoms with E-state index < -0.39 is 0 Å². The highest BCUT2D eigenvalue weighted by Gasteiger charge is 2.13. The van der Waals surface area contributed by atoms with Crippen LogP contribution in [-0.2, 0) is 0 Å². The molecule has 1 aliphatic heterocycles. The summed E-state index contributed by atoms with van der Waals surface area (Å²) in [5.41, 5.74) is 10.2. The maximum absolute atomic E-state index is 6.24. The van der Waals surface area contributed by atoms with Crippen molar-refractivity contribution >= 4 is 34.6 Å². The minimum absolute atomic E-state index is 0.555. The molecule has 1 saturated heterocycles. The first-order chi connectivity index (χ1) is 10.1. The molecule has 5 heteroatoms. The predicted molar refractivity (Wildman–Crippen MR) is 91.4 cm³/mol. The van der Waals surface area contributed by atoms with Gasteiger partial charge in [-0.3, -0.25) is 0 Å². The van der Waals surface area contributed by atoms with Crippen molar-refractivity contribution in [2.45, 2.75) is 0 Å². The number of nitrogens with zero attached hydrogens (tertiary/aromatic N) is 1. The highest BCUT2D eigenvalue weighted by molar-refractivity contribution is 6.42. The zero-order chi connectivity index (χ0) is 14.8. The number of hydrogen-bond acceptors (Lipinski definition) is 3. The number of nitrogens with one attached hydrogen (secondary N) is 1. The molecule has 0 unspecified atom stereocenters. The Bertz CT molecular complexity index is 652. The van der Waals surface area contributed by atoms with Crippen LogP contribution in [0.4, 0.5) is 11.4 Å².